The van der Waals surface area contributed by atoms with Crippen LogP contribution >= 0.6 is 0 Å². The molecule has 0 N–H and O–H groups in total. The first kappa shape index (κ1) is 30.2. The molecule has 0 saturated heterocycles. The van der Waals surface area contributed by atoms with Crippen LogP contribution in [-0.4, -0.2) is 44.1 Å². The topological polar surface area (TPSA) is 124 Å². The normalized spacial score (nSPS) is 10.1. The smallest absolute Gasteiger partial charge is 0.343 e. The van der Waals surface area contributed by atoms with Gasteiger partial charge in [0.05, 0.1) is 17.7 Å². The Hall–Kier alpha value is -5.38. The molecule has 10 nitrogen and oxygen atoms in total. The summed E-state index contributed by atoms with van der Waals surface area (Å²) in [6, 6.07) is 17.6. The van der Waals surface area contributed by atoms with Crippen LogP contribution in [0.2, 0.25) is 0 Å². The van der Waals surface area contributed by atoms with E-state index in [9.17, 15) is 19.2 Å². The second-order valence-electron chi connectivity index (χ2n) is 8.27. The van der Waals surface area contributed by atoms with Crippen molar-refractivity contribution in [3.8, 4) is 17.2 Å². The van der Waals surface area contributed by atoms with Crippen LogP contribution in [0.15, 0.2) is 92.0 Å². The van der Waals surface area contributed by atoms with Gasteiger partial charge in [-0.05, 0) is 78.7 Å². The lowest BCUT2D eigenvalue weighted by Crippen LogP contribution is -2.10. The SMILES string of the molecule is C=CC(=O)OCOc1ccc(C(=O)OCCc2ccc(OC(=O)c3ccc(OCOC(=O)C=C)cc3)cc2C)cc1. The van der Waals surface area contributed by atoms with Crippen LogP contribution < -0.4 is 14.2 Å². The molecule has 0 bridgehead atoms. The lowest BCUT2D eigenvalue weighted by atomic mass is 10.1. The number of esters is 4. The third-order valence-electron chi connectivity index (χ3n) is 5.50. The Morgan fingerprint density at radius 1 is 0.659 bits per heavy atom. The van der Waals surface area contributed by atoms with Gasteiger partial charge in [-0.1, -0.05) is 19.2 Å². The van der Waals surface area contributed by atoms with Gasteiger partial charge in [-0.2, -0.15) is 0 Å². The second-order valence-corrected chi connectivity index (χ2v) is 8.27. The predicted octanol–water partition coefficient (Wildman–Crippen LogP) is 4.74. The van der Waals surface area contributed by atoms with E-state index in [1.165, 1.54) is 12.1 Å². The second kappa shape index (κ2) is 15.3. The fourth-order valence-corrected chi connectivity index (χ4v) is 3.32. The van der Waals surface area contributed by atoms with E-state index in [0.29, 0.717) is 34.8 Å². The molecular weight excluding hydrogens is 532 g/mol. The number of carbonyl (C=O) groups is 4. The lowest BCUT2D eigenvalue weighted by molar-refractivity contribution is -0.145. The molecule has 0 unspecified atom stereocenters. The summed E-state index contributed by atoms with van der Waals surface area (Å²) in [5.41, 5.74) is 2.44. The molecule has 0 aromatic heterocycles. The van der Waals surface area contributed by atoms with E-state index >= 15 is 0 Å². The number of aryl methyl sites for hydroxylation is 1. The van der Waals surface area contributed by atoms with Crippen LogP contribution in [0.25, 0.3) is 0 Å². The zero-order valence-corrected chi connectivity index (χ0v) is 22.3. The van der Waals surface area contributed by atoms with Crippen molar-refractivity contribution in [1.29, 1.82) is 0 Å². The van der Waals surface area contributed by atoms with Crippen LogP contribution in [0.5, 0.6) is 17.2 Å². The van der Waals surface area contributed by atoms with Crippen LogP contribution in [-0.2, 0) is 30.2 Å². The molecule has 3 aromatic carbocycles. The van der Waals surface area contributed by atoms with Crippen molar-refractivity contribution >= 4 is 23.9 Å². The number of benzene rings is 3. The molecule has 0 aliphatic heterocycles. The third-order valence-corrected chi connectivity index (χ3v) is 5.50. The van der Waals surface area contributed by atoms with Gasteiger partial charge >= 0.3 is 23.9 Å². The summed E-state index contributed by atoms with van der Waals surface area (Å²) in [7, 11) is 0. The highest BCUT2D eigenvalue weighted by Crippen LogP contribution is 2.21. The zero-order valence-electron chi connectivity index (χ0n) is 22.3. The van der Waals surface area contributed by atoms with Gasteiger partial charge in [-0.25, -0.2) is 19.2 Å². The summed E-state index contributed by atoms with van der Waals surface area (Å²) in [6.07, 6.45) is 2.52. The van der Waals surface area contributed by atoms with Crippen LogP contribution in [0, 0.1) is 6.92 Å². The Morgan fingerprint density at radius 2 is 1.15 bits per heavy atom. The van der Waals surface area contributed by atoms with Crippen molar-refractivity contribution in [2.45, 2.75) is 13.3 Å². The van der Waals surface area contributed by atoms with Crippen LogP contribution in [0.3, 0.4) is 0 Å². The van der Waals surface area contributed by atoms with Crippen LogP contribution in [0.4, 0.5) is 0 Å². The van der Waals surface area contributed by atoms with E-state index in [0.717, 1.165) is 23.3 Å². The fraction of sp³-hybridized carbons (Fsp3) is 0.161. The maximum Gasteiger partial charge on any atom is 0.343 e. The summed E-state index contributed by atoms with van der Waals surface area (Å²) in [5, 5.41) is 0. The Morgan fingerprint density at radius 3 is 1.63 bits per heavy atom. The van der Waals surface area contributed by atoms with Gasteiger partial charge in [0, 0.05) is 18.6 Å². The van der Waals surface area contributed by atoms with Gasteiger partial charge in [-0.15, -0.1) is 0 Å². The van der Waals surface area contributed by atoms with Crippen molar-refractivity contribution in [3.63, 3.8) is 0 Å². The highest BCUT2D eigenvalue weighted by molar-refractivity contribution is 5.91. The molecule has 0 spiro atoms. The molecule has 212 valence electrons. The first-order chi connectivity index (χ1) is 19.8. The zero-order chi connectivity index (χ0) is 29.6. The van der Waals surface area contributed by atoms with Crippen molar-refractivity contribution < 1.29 is 47.6 Å². The summed E-state index contributed by atoms with van der Waals surface area (Å²) in [4.78, 5) is 46.9. The minimum absolute atomic E-state index is 0.149. The summed E-state index contributed by atoms with van der Waals surface area (Å²) < 4.78 is 30.8. The standard InChI is InChI=1S/C31H28O10/c1-4-28(32)39-19-37-25-11-7-23(8-12-25)30(34)36-17-16-22-6-15-27(18-21(22)3)41-31(35)24-9-13-26(14-10-24)38-20-40-29(33)5-2/h4-15,18H,1-2,16-17,19-20H2,3H3. The predicted molar refractivity (Wildman–Crippen MR) is 147 cm³/mol. The number of ether oxygens (including phenoxy) is 6. The van der Waals surface area contributed by atoms with Gasteiger partial charge in [-0.3, -0.25) is 0 Å². The number of hydrogen-bond acceptors (Lipinski definition) is 10. The quantitative estimate of drug-likeness (QED) is 0.0897. The molecular formula is C31H28O10. The van der Waals surface area contributed by atoms with E-state index in [-0.39, 0.29) is 20.2 Å². The van der Waals surface area contributed by atoms with E-state index < -0.39 is 23.9 Å². The molecule has 0 saturated carbocycles. The van der Waals surface area contributed by atoms with Crippen molar-refractivity contribution in [3.05, 3.63) is 114 Å². The Balaban J connectivity index is 1.44. The number of hydrogen-bond donors (Lipinski definition) is 0. The van der Waals surface area contributed by atoms with E-state index in [1.807, 2.05) is 6.92 Å². The van der Waals surface area contributed by atoms with Gasteiger partial charge in [0.15, 0.2) is 0 Å². The highest BCUT2D eigenvalue weighted by Gasteiger charge is 2.12. The molecule has 3 aromatic rings. The Kier molecular flexibility index (Phi) is 11.2. The van der Waals surface area contributed by atoms with Crippen molar-refractivity contribution in [2.75, 3.05) is 20.2 Å². The fourth-order valence-electron chi connectivity index (χ4n) is 3.32. The molecule has 0 aliphatic carbocycles. The average molecular weight is 561 g/mol. The first-order valence-corrected chi connectivity index (χ1v) is 12.3. The molecule has 3 rings (SSSR count). The molecule has 0 radical (unpaired) electrons. The molecule has 0 amide bonds. The maximum atomic E-state index is 12.5. The third kappa shape index (κ3) is 9.70. The molecule has 41 heavy (non-hydrogen) atoms. The maximum absolute atomic E-state index is 12.5. The van der Waals surface area contributed by atoms with Gasteiger partial charge in [0.2, 0.25) is 13.6 Å². The minimum Gasteiger partial charge on any atom is -0.462 e. The number of carbonyl (C=O) groups excluding carboxylic acids is 4. The molecule has 0 heterocycles. The summed E-state index contributed by atoms with van der Waals surface area (Å²) in [6.45, 7) is 8.05. The van der Waals surface area contributed by atoms with E-state index in [2.05, 4.69) is 13.2 Å². The molecule has 0 fully saturated rings. The van der Waals surface area contributed by atoms with Gasteiger partial charge in [0.25, 0.3) is 0 Å². The number of rotatable bonds is 14. The first-order valence-electron chi connectivity index (χ1n) is 12.3. The Bertz CT molecular complexity index is 1390. The molecule has 10 heteroatoms. The average Bonchev–Trinajstić information content (AvgIpc) is 2.98. The lowest BCUT2D eigenvalue weighted by Gasteiger charge is -2.11. The molecule has 0 aliphatic rings. The highest BCUT2D eigenvalue weighted by atomic mass is 16.7. The minimum atomic E-state index is -0.603. The summed E-state index contributed by atoms with van der Waals surface area (Å²) >= 11 is 0. The monoisotopic (exact) mass is 560 g/mol. The Labute approximate surface area is 236 Å². The molecule has 0 atom stereocenters. The van der Waals surface area contributed by atoms with Gasteiger partial charge < -0.3 is 28.4 Å². The van der Waals surface area contributed by atoms with E-state index in [1.54, 1.807) is 54.6 Å². The van der Waals surface area contributed by atoms with E-state index in [4.69, 9.17) is 28.4 Å². The van der Waals surface area contributed by atoms with Crippen LogP contribution in [0.1, 0.15) is 31.8 Å². The van der Waals surface area contributed by atoms with Gasteiger partial charge in [0.1, 0.15) is 17.2 Å². The largest absolute Gasteiger partial charge is 0.462 e. The van der Waals surface area contributed by atoms with Crippen molar-refractivity contribution in [1.82, 2.24) is 0 Å². The van der Waals surface area contributed by atoms with Crippen molar-refractivity contribution in [2.24, 2.45) is 0 Å². The summed E-state index contributed by atoms with van der Waals surface area (Å²) in [5.74, 6) is -1.05.